The fourth-order valence-electron chi connectivity index (χ4n) is 4.15. The van der Waals surface area contributed by atoms with Gasteiger partial charge in [0, 0.05) is 0 Å². The molecule has 1 aromatic heterocycles. The van der Waals surface area contributed by atoms with E-state index in [-0.39, 0.29) is 6.04 Å². The van der Waals surface area contributed by atoms with Crippen LogP contribution in [0, 0.1) is 0 Å². The molecule has 1 aliphatic carbocycles. The van der Waals surface area contributed by atoms with Crippen molar-refractivity contribution in [2.45, 2.75) is 57.0 Å². The summed E-state index contributed by atoms with van der Waals surface area (Å²) in [7, 11) is 0. The lowest BCUT2D eigenvalue weighted by Gasteiger charge is -2.34. The predicted octanol–water partition coefficient (Wildman–Crippen LogP) is 3.07. The number of aromatic nitrogens is 4. The van der Waals surface area contributed by atoms with Crippen molar-refractivity contribution in [2.75, 3.05) is 13.1 Å². The molecule has 128 valence electrons. The number of phenols is 1. The molecule has 1 saturated heterocycles. The van der Waals surface area contributed by atoms with Gasteiger partial charge in [-0.1, -0.05) is 31.4 Å². The molecule has 6 nitrogen and oxygen atoms in total. The molecule has 2 aromatic rings. The molecule has 0 radical (unpaired) electrons. The summed E-state index contributed by atoms with van der Waals surface area (Å²) in [5.74, 6) is 1.25. The third-order valence-corrected chi connectivity index (χ3v) is 5.40. The molecule has 1 aliphatic heterocycles. The van der Waals surface area contributed by atoms with Crippen LogP contribution in [0.1, 0.15) is 68.4 Å². The second-order valence-corrected chi connectivity index (χ2v) is 7.01. The van der Waals surface area contributed by atoms with Crippen LogP contribution in [0.4, 0.5) is 0 Å². The van der Waals surface area contributed by atoms with Gasteiger partial charge in [-0.3, -0.25) is 4.90 Å². The maximum absolute atomic E-state index is 9.65. The smallest absolute Gasteiger partial charge is 0.173 e. The lowest BCUT2D eigenvalue weighted by atomic mass is 10.0. The molecule has 24 heavy (non-hydrogen) atoms. The molecule has 0 spiro atoms. The molecule has 0 bridgehead atoms. The first-order valence-electron chi connectivity index (χ1n) is 9.13. The molecule has 0 amide bonds. The van der Waals surface area contributed by atoms with E-state index in [1.165, 1.54) is 44.9 Å². The van der Waals surface area contributed by atoms with Crippen LogP contribution in [-0.2, 0) is 0 Å². The van der Waals surface area contributed by atoms with Crippen LogP contribution in [0.3, 0.4) is 0 Å². The summed E-state index contributed by atoms with van der Waals surface area (Å²) in [5.41, 5.74) is 1.16. The van der Waals surface area contributed by atoms with Crippen molar-refractivity contribution in [1.29, 1.82) is 0 Å². The normalized spacial score (nSPS) is 21.2. The van der Waals surface area contributed by atoms with Gasteiger partial charge in [0.15, 0.2) is 5.82 Å². The van der Waals surface area contributed by atoms with Gasteiger partial charge < -0.3 is 5.11 Å². The zero-order chi connectivity index (χ0) is 16.4. The zero-order valence-corrected chi connectivity index (χ0v) is 14.0. The lowest BCUT2D eigenvalue weighted by molar-refractivity contribution is 0.175. The fraction of sp³-hybridized carbons (Fsp3) is 0.611. The summed E-state index contributed by atoms with van der Waals surface area (Å²) in [4.78, 5) is 2.49. The number of benzene rings is 1. The monoisotopic (exact) mass is 327 g/mol. The largest absolute Gasteiger partial charge is 0.508 e. The topological polar surface area (TPSA) is 67.1 Å². The Labute approximate surface area is 142 Å². The molecular weight excluding hydrogens is 302 g/mol. The number of hydrogen-bond acceptors (Lipinski definition) is 5. The number of piperidine rings is 1. The van der Waals surface area contributed by atoms with Crippen LogP contribution in [0.5, 0.6) is 5.75 Å². The van der Waals surface area contributed by atoms with E-state index in [2.05, 4.69) is 25.1 Å². The van der Waals surface area contributed by atoms with Crippen molar-refractivity contribution < 1.29 is 5.11 Å². The van der Waals surface area contributed by atoms with E-state index in [0.29, 0.717) is 11.8 Å². The summed E-state index contributed by atoms with van der Waals surface area (Å²) < 4.78 is 2.07. The SMILES string of the molecule is Oc1ccc([C@@H](c2nnnn2C2CCCC2)N2CCCCC2)cc1. The highest BCUT2D eigenvalue weighted by atomic mass is 16.3. The Hall–Kier alpha value is -1.95. The fourth-order valence-corrected chi connectivity index (χ4v) is 4.15. The first-order chi connectivity index (χ1) is 11.8. The molecule has 2 aliphatic rings. The molecule has 1 saturated carbocycles. The Kier molecular flexibility index (Phi) is 4.47. The molecular formula is C18H25N5O. The van der Waals surface area contributed by atoms with Crippen LogP contribution >= 0.6 is 0 Å². The Bertz CT molecular complexity index is 656. The number of rotatable bonds is 4. The van der Waals surface area contributed by atoms with E-state index < -0.39 is 0 Å². The number of likely N-dealkylation sites (tertiary alicyclic amines) is 1. The molecule has 2 heterocycles. The van der Waals surface area contributed by atoms with E-state index in [1.54, 1.807) is 12.1 Å². The second kappa shape index (κ2) is 6.89. The third kappa shape index (κ3) is 3.02. The van der Waals surface area contributed by atoms with Crippen LogP contribution < -0.4 is 0 Å². The Balaban J connectivity index is 1.72. The average Bonchev–Trinajstić information content (AvgIpc) is 3.29. The Morgan fingerprint density at radius 2 is 1.67 bits per heavy atom. The van der Waals surface area contributed by atoms with Gasteiger partial charge in [0.2, 0.25) is 0 Å². The molecule has 4 rings (SSSR count). The predicted molar refractivity (Wildman–Crippen MR) is 90.7 cm³/mol. The van der Waals surface area contributed by atoms with Gasteiger partial charge in [-0.25, -0.2) is 4.68 Å². The van der Waals surface area contributed by atoms with Crippen molar-refractivity contribution in [2.24, 2.45) is 0 Å². The summed E-state index contributed by atoms with van der Waals surface area (Å²) in [5, 5.41) is 22.4. The lowest BCUT2D eigenvalue weighted by Crippen LogP contribution is -2.36. The maximum atomic E-state index is 9.65. The quantitative estimate of drug-likeness (QED) is 0.935. The molecule has 2 fully saturated rings. The second-order valence-electron chi connectivity index (χ2n) is 7.01. The van der Waals surface area contributed by atoms with Gasteiger partial charge >= 0.3 is 0 Å². The van der Waals surface area contributed by atoms with Crippen LogP contribution in [-0.4, -0.2) is 43.3 Å². The zero-order valence-electron chi connectivity index (χ0n) is 14.0. The average molecular weight is 327 g/mol. The minimum absolute atomic E-state index is 0.0708. The number of nitrogens with zero attached hydrogens (tertiary/aromatic N) is 5. The van der Waals surface area contributed by atoms with E-state index in [1.807, 2.05) is 12.1 Å². The van der Waals surface area contributed by atoms with Crippen molar-refractivity contribution in [3.05, 3.63) is 35.7 Å². The van der Waals surface area contributed by atoms with Crippen molar-refractivity contribution >= 4 is 0 Å². The molecule has 6 heteroatoms. The first-order valence-corrected chi connectivity index (χ1v) is 9.13. The van der Waals surface area contributed by atoms with Crippen molar-refractivity contribution in [3.8, 4) is 5.75 Å². The van der Waals surface area contributed by atoms with Gasteiger partial charge in [-0.05, 0) is 66.9 Å². The van der Waals surface area contributed by atoms with E-state index in [9.17, 15) is 5.11 Å². The molecule has 1 atom stereocenters. The highest BCUT2D eigenvalue weighted by Gasteiger charge is 2.31. The van der Waals surface area contributed by atoms with E-state index >= 15 is 0 Å². The molecule has 1 aromatic carbocycles. The van der Waals surface area contributed by atoms with Crippen LogP contribution in [0.15, 0.2) is 24.3 Å². The van der Waals surface area contributed by atoms with Crippen molar-refractivity contribution in [1.82, 2.24) is 25.1 Å². The van der Waals surface area contributed by atoms with Gasteiger partial charge in [-0.2, -0.15) is 0 Å². The maximum Gasteiger partial charge on any atom is 0.173 e. The van der Waals surface area contributed by atoms with Crippen molar-refractivity contribution in [3.63, 3.8) is 0 Å². The Morgan fingerprint density at radius 1 is 0.958 bits per heavy atom. The number of hydrogen-bond donors (Lipinski definition) is 1. The van der Waals surface area contributed by atoms with E-state index in [4.69, 9.17) is 0 Å². The summed E-state index contributed by atoms with van der Waals surface area (Å²) in [6.07, 6.45) is 8.60. The minimum atomic E-state index is 0.0708. The number of tetrazole rings is 1. The minimum Gasteiger partial charge on any atom is -0.508 e. The van der Waals surface area contributed by atoms with Gasteiger partial charge in [0.25, 0.3) is 0 Å². The van der Waals surface area contributed by atoms with Crippen LogP contribution in [0.25, 0.3) is 0 Å². The highest BCUT2D eigenvalue weighted by molar-refractivity contribution is 5.31. The van der Waals surface area contributed by atoms with Gasteiger partial charge in [-0.15, -0.1) is 5.10 Å². The summed E-state index contributed by atoms with van der Waals surface area (Å²) in [6.45, 7) is 2.14. The van der Waals surface area contributed by atoms with Crippen LogP contribution in [0.2, 0.25) is 0 Å². The van der Waals surface area contributed by atoms with Gasteiger partial charge in [0.05, 0.1) is 12.1 Å². The van der Waals surface area contributed by atoms with E-state index in [0.717, 1.165) is 24.5 Å². The molecule has 0 unspecified atom stereocenters. The van der Waals surface area contributed by atoms with Gasteiger partial charge in [0.1, 0.15) is 5.75 Å². The summed E-state index contributed by atoms with van der Waals surface area (Å²) >= 11 is 0. The standard InChI is InChI=1S/C18H25N5O/c24-16-10-8-14(9-11-16)17(22-12-4-1-5-13-22)18-19-20-21-23(18)15-6-2-3-7-15/h8-11,15,17,24H,1-7,12-13H2/t17-/m0/s1. The molecule has 1 N–H and O–H groups in total. The highest BCUT2D eigenvalue weighted by Crippen LogP contribution is 2.35. The summed E-state index contributed by atoms with van der Waals surface area (Å²) in [6, 6.07) is 8.03. The number of phenolic OH excluding ortho intramolecular Hbond substituents is 1. The Morgan fingerprint density at radius 3 is 2.38 bits per heavy atom. The third-order valence-electron chi connectivity index (χ3n) is 5.40. The first kappa shape index (κ1) is 15.6. The number of aromatic hydroxyl groups is 1.